The normalized spacial score (nSPS) is 10.8. The van der Waals surface area contributed by atoms with E-state index in [0.717, 1.165) is 47.4 Å². The fourth-order valence-corrected chi connectivity index (χ4v) is 2.55. The van der Waals surface area contributed by atoms with Crippen LogP contribution in [0, 0.1) is 0 Å². The van der Waals surface area contributed by atoms with Crippen molar-refractivity contribution in [2.75, 3.05) is 6.54 Å². The second kappa shape index (κ2) is 6.36. The van der Waals surface area contributed by atoms with Gasteiger partial charge in [0.25, 0.3) is 0 Å². The molecule has 0 aliphatic rings. The maximum absolute atomic E-state index is 6.21. The molecule has 0 aliphatic carbocycles. The molecule has 0 aliphatic heterocycles. The summed E-state index contributed by atoms with van der Waals surface area (Å²) < 4.78 is 0.971. The smallest absolute Gasteiger partial charge is 0.106 e. The monoisotopic (exact) mass is 327 g/mol. The van der Waals surface area contributed by atoms with Crippen LogP contribution in [0.5, 0.6) is 0 Å². The van der Waals surface area contributed by atoms with Crippen LogP contribution in [0.3, 0.4) is 0 Å². The summed E-state index contributed by atoms with van der Waals surface area (Å²) in [5, 5.41) is 0.710. The van der Waals surface area contributed by atoms with Crippen LogP contribution in [0.2, 0.25) is 5.02 Å². The molecule has 0 spiro atoms. The quantitative estimate of drug-likeness (QED) is 0.821. The van der Waals surface area contributed by atoms with Gasteiger partial charge < -0.3 is 10.7 Å². The molecule has 0 unspecified atom stereocenters. The van der Waals surface area contributed by atoms with Crippen molar-refractivity contribution in [3.05, 3.63) is 39.7 Å². The Morgan fingerprint density at radius 1 is 1.33 bits per heavy atom. The van der Waals surface area contributed by atoms with Gasteiger partial charge in [-0.15, -0.1) is 0 Å². The maximum atomic E-state index is 6.21. The third-order valence-corrected chi connectivity index (χ3v) is 3.52. The summed E-state index contributed by atoms with van der Waals surface area (Å²) in [4.78, 5) is 7.66. The number of halogens is 2. The van der Waals surface area contributed by atoms with Crippen molar-refractivity contribution < 1.29 is 0 Å². The summed E-state index contributed by atoms with van der Waals surface area (Å²) in [6, 6.07) is 5.82. The van der Waals surface area contributed by atoms with Crippen LogP contribution >= 0.6 is 27.5 Å². The van der Waals surface area contributed by atoms with Crippen LogP contribution in [0.4, 0.5) is 0 Å². The minimum Gasteiger partial charge on any atom is -0.342 e. The average Bonchev–Trinajstić information content (AvgIpc) is 2.78. The first-order chi connectivity index (χ1) is 8.70. The molecular weight excluding hydrogens is 314 g/mol. The lowest BCUT2D eigenvalue weighted by Crippen LogP contribution is -1.99. The molecule has 3 nitrogen and oxygen atoms in total. The molecule has 0 fully saturated rings. The number of imidazole rings is 1. The van der Waals surface area contributed by atoms with Gasteiger partial charge in [-0.3, -0.25) is 0 Å². The number of nitrogens with two attached hydrogens (primary N) is 1. The Hall–Kier alpha value is -0.840. The number of aromatic amines is 1. The molecule has 0 saturated heterocycles. The van der Waals surface area contributed by atoms with Gasteiger partial charge in [-0.25, -0.2) is 4.98 Å². The minimum atomic E-state index is 0.710. The summed E-state index contributed by atoms with van der Waals surface area (Å²) in [6.07, 6.45) is 4.82. The third kappa shape index (κ3) is 3.34. The van der Waals surface area contributed by atoms with Crippen LogP contribution in [0.1, 0.15) is 18.7 Å². The molecule has 0 bridgehead atoms. The molecule has 1 aromatic heterocycles. The number of nitrogens with one attached hydrogen (secondary N) is 1. The van der Waals surface area contributed by atoms with Gasteiger partial charge in [-0.1, -0.05) is 33.6 Å². The Morgan fingerprint density at radius 2 is 2.17 bits per heavy atom. The standard InChI is InChI=1S/C13H15BrClN3/c14-9-4-5-10(11(15)7-9)12-8-17-13(18-12)3-1-2-6-16/h4-5,7-8H,1-3,6,16H2,(H,17,18). The number of aryl methyl sites for hydroxylation is 1. The fraction of sp³-hybridized carbons (Fsp3) is 0.308. The Bertz CT molecular complexity index is 525. The number of nitrogens with zero attached hydrogens (tertiary/aromatic N) is 1. The van der Waals surface area contributed by atoms with Crippen molar-refractivity contribution in [3.8, 4) is 11.3 Å². The molecule has 5 heteroatoms. The molecule has 96 valence electrons. The zero-order valence-electron chi connectivity index (χ0n) is 9.92. The van der Waals surface area contributed by atoms with E-state index >= 15 is 0 Å². The van der Waals surface area contributed by atoms with Crippen molar-refractivity contribution >= 4 is 27.5 Å². The molecule has 0 radical (unpaired) electrons. The van der Waals surface area contributed by atoms with Gasteiger partial charge in [0.1, 0.15) is 5.82 Å². The van der Waals surface area contributed by atoms with E-state index in [1.807, 2.05) is 24.4 Å². The maximum Gasteiger partial charge on any atom is 0.106 e. The largest absolute Gasteiger partial charge is 0.342 e. The zero-order valence-corrected chi connectivity index (χ0v) is 12.3. The van der Waals surface area contributed by atoms with E-state index < -0.39 is 0 Å². The number of hydrogen-bond acceptors (Lipinski definition) is 2. The fourth-order valence-electron chi connectivity index (χ4n) is 1.77. The lowest BCUT2D eigenvalue weighted by molar-refractivity contribution is 0.723. The zero-order chi connectivity index (χ0) is 13.0. The molecule has 18 heavy (non-hydrogen) atoms. The highest BCUT2D eigenvalue weighted by atomic mass is 79.9. The lowest BCUT2D eigenvalue weighted by Gasteiger charge is -2.01. The molecular formula is C13H15BrClN3. The Morgan fingerprint density at radius 3 is 2.89 bits per heavy atom. The van der Waals surface area contributed by atoms with E-state index in [1.54, 1.807) is 0 Å². The van der Waals surface area contributed by atoms with Crippen LogP contribution in [0.15, 0.2) is 28.9 Å². The highest BCUT2D eigenvalue weighted by molar-refractivity contribution is 9.10. The van der Waals surface area contributed by atoms with Gasteiger partial charge in [0.2, 0.25) is 0 Å². The predicted molar refractivity (Wildman–Crippen MR) is 78.7 cm³/mol. The molecule has 1 heterocycles. The molecule has 0 saturated carbocycles. The van der Waals surface area contributed by atoms with E-state index in [-0.39, 0.29) is 0 Å². The first-order valence-corrected chi connectivity index (χ1v) is 7.07. The number of rotatable bonds is 5. The summed E-state index contributed by atoms with van der Waals surface area (Å²) in [7, 11) is 0. The van der Waals surface area contributed by atoms with E-state index in [2.05, 4.69) is 25.9 Å². The van der Waals surface area contributed by atoms with Crippen LogP contribution in [-0.4, -0.2) is 16.5 Å². The summed E-state index contributed by atoms with van der Waals surface area (Å²) in [5.41, 5.74) is 7.39. The van der Waals surface area contributed by atoms with Crippen molar-refractivity contribution in [2.24, 2.45) is 5.73 Å². The van der Waals surface area contributed by atoms with E-state index in [9.17, 15) is 0 Å². The van der Waals surface area contributed by atoms with Crippen LogP contribution in [0.25, 0.3) is 11.3 Å². The van der Waals surface area contributed by atoms with Gasteiger partial charge in [0.05, 0.1) is 16.9 Å². The molecule has 0 amide bonds. The second-order valence-electron chi connectivity index (χ2n) is 4.11. The minimum absolute atomic E-state index is 0.710. The number of benzene rings is 1. The van der Waals surface area contributed by atoms with E-state index in [1.165, 1.54) is 0 Å². The van der Waals surface area contributed by atoms with Crippen molar-refractivity contribution in [1.82, 2.24) is 9.97 Å². The van der Waals surface area contributed by atoms with Gasteiger partial charge >= 0.3 is 0 Å². The molecule has 2 aromatic rings. The molecule has 0 atom stereocenters. The topological polar surface area (TPSA) is 54.7 Å². The molecule has 1 aromatic carbocycles. The highest BCUT2D eigenvalue weighted by Gasteiger charge is 2.07. The van der Waals surface area contributed by atoms with E-state index in [0.29, 0.717) is 5.02 Å². The number of unbranched alkanes of at least 4 members (excludes halogenated alkanes) is 1. The van der Waals surface area contributed by atoms with Crippen molar-refractivity contribution in [3.63, 3.8) is 0 Å². The third-order valence-electron chi connectivity index (χ3n) is 2.72. The predicted octanol–water partition coefficient (Wildman–Crippen LogP) is 3.77. The average molecular weight is 329 g/mol. The van der Waals surface area contributed by atoms with Gasteiger partial charge in [0, 0.05) is 16.5 Å². The number of aromatic nitrogens is 2. The molecule has 2 rings (SSSR count). The van der Waals surface area contributed by atoms with Crippen molar-refractivity contribution in [2.45, 2.75) is 19.3 Å². The first kappa shape index (κ1) is 13.6. The van der Waals surface area contributed by atoms with Crippen molar-refractivity contribution in [1.29, 1.82) is 0 Å². The van der Waals surface area contributed by atoms with Gasteiger partial charge in [0.15, 0.2) is 0 Å². The summed E-state index contributed by atoms with van der Waals surface area (Å²) >= 11 is 9.60. The number of H-pyrrole nitrogens is 1. The van der Waals surface area contributed by atoms with Crippen LogP contribution in [-0.2, 0) is 6.42 Å². The SMILES string of the molecule is NCCCCc1ncc(-c2ccc(Br)cc2Cl)[nH]1. The van der Waals surface area contributed by atoms with E-state index in [4.69, 9.17) is 17.3 Å². The number of hydrogen-bond donors (Lipinski definition) is 2. The molecule has 3 N–H and O–H groups in total. The highest BCUT2D eigenvalue weighted by Crippen LogP contribution is 2.29. The van der Waals surface area contributed by atoms with Crippen LogP contribution < -0.4 is 5.73 Å². The Balaban J connectivity index is 2.13. The Kier molecular flexibility index (Phi) is 4.80. The summed E-state index contributed by atoms with van der Waals surface area (Å²) in [5.74, 6) is 0.984. The van der Waals surface area contributed by atoms with Gasteiger partial charge in [-0.2, -0.15) is 0 Å². The second-order valence-corrected chi connectivity index (χ2v) is 5.44. The lowest BCUT2D eigenvalue weighted by atomic mass is 10.2. The first-order valence-electron chi connectivity index (χ1n) is 5.90. The Labute approximate surface area is 120 Å². The van der Waals surface area contributed by atoms with Gasteiger partial charge in [-0.05, 0) is 31.5 Å². The summed E-state index contributed by atoms with van der Waals surface area (Å²) in [6.45, 7) is 0.728.